The zero-order chi connectivity index (χ0) is 16.1. The summed E-state index contributed by atoms with van der Waals surface area (Å²) >= 11 is 1.49. The van der Waals surface area contributed by atoms with E-state index in [2.05, 4.69) is 36.0 Å². The number of pyridine rings is 1. The number of aromatic nitrogens is 1. The maximum atomic E-state index is 12.3. The van der Waals surface area contributed by atoms with E-state index in [1.54, 1.807) is 12.3 Å². The molecule has 2 rings (SSSR count). The molecule has 0 unspecified atom stereocenters. The Labute approximate surface area is 136 Å². The molecule has 0 bridgehead atoms. The van der Waals surface area contributed by atoms with Gasteiger partial charge < -0.3 is 10.1 Å². The highest BCUT2D eigenvalue weighted by molar-refractivity contribution is 7.98. The Bertz CT molecular complexity index is 502. The van der Waals surface area contributed by atoms with Crippen molar-refractivity contribution in [2.75, 3.05) is 25.9 Å². The van der Waals surface area contributed by atoms with Crippen LogP contribution < -0.4 is 5.32 Å². The number of hydrogen-bond donors (Lipinski definition) is 1. The second-order valence-corrected chi connectivity index (χ2v) is 6.63. The highest BCUT2D eigenvalue weighted by Crippen LogP contribution is 2.17. The van der Waals surface area contributed by atoms with E-state index < -0.39 is 0 Å². The molecule has 2 heterocycles. The molecular formula is C16H25N3O2S. The number of rotatable bonds is 5. The van der Waals surface area contributed by atoms with Crippen LogP contribution in [0.4, 0.5) is 0 Å². The summed E-state index contributed by atoms with van der Waals surface area (Å²) in [7, 11) is 0. The van der Waals surface area contributed by atoms with E-state index in [-0.39, 0.29) is 24.2 Å². The zero-order valence-corrected chi connectivity index (χ0v) is 14.5. The molecular weight excluding hydrogens is 298 g/mol. The van der Waals surface area contributed by atoms with Gasteiger partial charge in [-0.15, -0.1) is 11.8 Å². The topological polar surface area (TPSA) is 54.5 Å². The van der Waals surface area contributed by atoms with Crippen molar-refractivity contribution < 1.29 is 9.53 Å². The van der Waals surface area contributed by atoms with E-state index in [9.17, 15) is 4.79 Å². The van der Waals surface area contributed by atoms with Gasteiger partial charge in [0.15, 0.2) is 0 Å². The Morgan fingerprint density at radius 2 is 2.18 bits per heavy atom. The van der Waals surface area contributed by atoms with E-state index >= 15 is 0 Å². The first-order valence-corrected chi connectivity index (χ1v) is 8.90. The lowest BCUT2D eigenvalue weighted by atomic mass is 10.1. The third-order valence-electron chi connectivity index (χ3n) is 3.84. The van der Waals surface area contributed by atoms with Crippen LogP contribution in [0.3, 0.4) is 0 Å². The summed E-state index contributed by atoms with van der Waals surface area (Å²) in [6.07, 6.45) is 4.12. The number of morpholine rings is 1. The van der Waals surface area contributed by atoms with Crippen LogP contribution in [0.2, 0.25) is 0 Å². The van der Waals surface area contributed by atoms with Gasteiger partial charge in [0.25, 0.3) is 5.91 Å². The van der Waals surface area contributed by atoms with Gasteiger partial charge in [0, 0.05) is 31.9 Å². The largest absolute Gasteiger partial charge is 0.373 e. The minimum atomic E-state index is -0.0568. The van der Waals surface area contributed by atoms with Crippen LogP contribution in [0, 0.1) is 0 Å². The van der Waals surface area contributed by atoms with Gasteiger partial charge in [0.1, 0.15) is 5.03 Å². The van der Waals surface area contributed by atoms with Gasteiger partial charge in [-0.05, 0) is 39.2 Å². The number of nitrogens with zero attached hydrogens (tertiary/aromatic N) is 2. The van der Waals surface area contributed by atoms with Gasteiger partial charge in [-0.3, -0.25) is 9.69 Å². The quantitative estimate of drug-likeness (QED) is 0.840. The monoisotopic (exact) mass is 323 g/mol. The van der Waals surface area contributed by atoms with Gasteiger partial charge >= 0.3 is 0 Å². The molecule has 1 aliphatic rings. The van der Waals surface area contributed by atoms with Crippen molar-refractivity contribution >= 4 is 17.7 Å². The van der Waals surface area contributed by atoms with Crippen molar-refractivity contribution in [2.45, 2.75) is 44.0 Å². The molecule has 0 aromatic carbocycles. The fourth-order valence-electron chi connectivity index (χ4n) is 2.77. The fraction of sp³-hybridized carbons (Fsp3) is 0.625. The smallest absolute Gasteiger partial charge is 0.254 e. The standard InChI is InChI=1S/C16H25N3O2S/c1-11(19-9-12(2)21-13(3)10-19)8-18-15(20)14-6-5-7-17-16(14)22-4/h5-7,11-13H,8-10H2,1-4H3,(H,18,20)/t11-,12-,13+/m1/s1. The number of carbonyl (C=O) groups excluding carboxylic acids is 1. The van der Waals surface area contributed by atoms with Crippen LogP contribution in [0.25, 0.3) is 0 Å². The van der Waals surface area contributed by atoms with Crippen LogP contribution in [-0.2, 0) is 4.74 Å². The minimum absolute atomic E-state index is 0.0568. The molecule has 5 nitrogen and oxygen atoms in total. The number of amides is 1. The lowest BCUT2D eigenvalue weighted by Gasteiger charge is -2.39. The molecule has 0 aliphatic carbocycles. The van der Waals surface area contributed by atoms with E-state index in [0.29, 0.717) is 12.1 Å². The maximum Gasteiger partial charge on any atom is 0.254 e. The van der Waals surface area contributed by atoms with Gasteiger partial charge in [-0.25, -0.2) is 4.98 Å². The summed E-state index contributed by atoms with van der Waals surface area (Å²) < 4.78 is 5.75. The molecule has 3 atom stereocenters. The normalized spacial score (nSPS) is 24.0. The average Bonchev–Trinajstić information content (AvgIpc) is 2.51. The molecule has 1 amide bonds. The van der Waals surface area contributed by atoms with E-state index in [0.717, 1.165) is 18.1 Å². The van der Waals surface area contributed by atoms with Gasteiger partial charge in [-0.2, -0.15) is 0 Å². The summed E-state index contributed by atoms with van der Waals surface area (Å²) in [6.45, 7) is 8.77. The molecule has 1 saturated heterocycles. The number of thioether (sulfide) groups is 1. The SMILES string of the molecule is CSc1ncccc1C(=O)NC[C@@H](C)N1C[C@@H](C)O[C@@H](C)C1. The first-order chi connectivity index (χ1) is 10.5. The van der Waals surface area contributed by atoms with E-state index in [1.165, 1.54) is 11.8 Å². The predicted octanol–water partition coefficient (Wildman–Crippen LogP) is 2.03. The van der Waals surface area contributed by atoms with Crippen LogP contribution in [0.1, 0.15) is 31.1 Å². The summed E-state index contributed by atoms with van der Waals surface area (Å²) in [4.78, 5) is 18.9. The molecule has 1 fully saturated rings. The van der Waals surface area contributed by atoms with Crippen molar-refractivity contribution in [3.05, 3.63) is 23.9 Å². The first-order valence-electron chi connectivity index (χ1n) is 7.68. The maximum absolute atomic E-state index is 12.3. The Balaban J connectivity index is 1.90. The van der Waals surface area contributed by atoms with Crippen molar-refractivity contribution in [3.8, 4) is 0 Å². The Morgan fingerprint density at radius 1 is 1.50 bits per heavy atom. The van der Waals surface area contributed by atoms with Crippen molar-refractivity contribution in [1.29, 1.82) is 0 Å². The predicted molar refractivity (Wildman–Crippen MR) is 89.4 cm³/mol. The Morgan fingerprint density at radius 3 is 2.82 bits per heavy atom. The summed E-state index contributed by atoms with van der Waals surface area (Å²) in [5.74, 6) is -0.0568. The number of carbonyl (C=O) groups is 1. The Kier molecular flexibility index (Phi) is 6.23. The highest BCUT2D eigenvalue weighted by atomic mass is 32.2. The van der Waals surface area contributed by atoms with Crippen molar-refractivity contribution in [2.24, 2.45) is 0 Å². The summed E-state index contributed by atoms with van der Waals surface area (Å²) in [5.41, 5.74) is 0.644. The Hall–Kier alpha value is -1.11. The first kappa shape index (κ1) is 17.2. The molecule has 6 heteroatoms. The molecule has 1 N–H and O–H groups in total. The molecule has 122 valence electrons. The third-order valence-corrected chi connectivity index (χ3v) is 4.55. The van der Waals surface area contributed by atoms with Crippen molar-refractivity contribution in [1.82, 2.24) is 15.2 Å². The highest BCUT2D eigenvalue weighted by Gasteiger charge is 2.26. The zero-order valence-electron chi connectivity index (χ0n) is 13.7. The van der Waals surface area contributed by atoms with Gasteiger partial charge in [-0.1, -0.05) is 0 Å². The molecule has 1 aromatic rings. The van der Waals surface area contributed by atoms with E-state index in [1.807, 2.05) is 12.3 Å². The second kappa shape index (κ2) is 7.94. The van der Waals surface area contributed by atoms with Gasteiger partial charge in [0.05, 0.1) is 17.8 Å². The summed E-state index contributed by atoms with van der Waals surface area (Å²) in [6, 6.07) is 3.90. The molecule has 1 aliphatic heterocycles. The lowest BCUT2D eigenvalue weighted by molar-refractivity contribution is -0.0778. The third kappa shape index (κ3) is 4.44. The lowest BCUT2D eigenvalue weighted by Crippen LogP contribution is -2.52. The van der Waals surface area contributed by atoms with Gasteiger partial charge in [0.2, 0.25) is 0 Å². The van der Waals surface area contributed by atoms with Crippen LogP contribution in [0.5, 0.6) is 0 Å². The van der Waals surface area contributed by atoms with E-state index in [4.69, 9.17) is 4.74 Å². The molecule has 0 spiro atoms. The number of hydrogen-bond acceptors (Lipinski definition) is 5. The van der Waals surface area contributed by atoms with Crippen molar-refractivity contribution in [3.63, 3.8) is 0 Å². The van der Waals surface area contributed by atoms with Crippen LogP contribution in [-0.4, -0.2) is 59.9 Å². The summed E-state index contributed by atoms with van der Waals surface area (Å²) in [5, 5.41) is 3.79. The second-order valence-electron chi connectivity index (χ2n) is 5.83. The average molecular weight is 323 g/mol. The number of ether oxygens (including phenoxy) is 1. The molecule has 0 saturated carbocycles. The molecule has 22 heavy (non-hydrogen) atoms. The van der Waals surface area contributed by atoms with Crippen LogP contribution >= 0.6 is 11.8 Å². The number of nitrogens with one attached hydrogen (secondary N) is 1. The minimum Gasteiger partial charge on any atom is -0.373 e. The molecule has 0 radical (unpaired) electrons. The fourth-order valence-corrected chi connectivity index (χ4v) is 3.32. The molecule has 1 aromatic heterocycles. The van der Waals surface area contributed by atoms with Crippen LogP contribution in [0.15, 0.2) is 23.4 Å².